The lowest BCUT2D eigenvalue weighted by molar-refractivity contribution is -0.384. The molecule has 0 aliphatic rings. The van der Waals surface area contributed by atoms with Gasteiger partial charge in [0.15, 0.2) is 0 Å². The van der Waals surface area contributed by atoms with Crippen molar-refractivity contribution in [2.45, 2.75) is 0 Å². The summed E-state index contributed by atoms with van der Waals surface area (Å²) in [6.07, 6.45) is 4.10. The fourth-order valence-corrected chi connectivity index (χ4v) is 2.43. The van der Waals surface area contributed by atoms with Gasteiger partial charge in [0.1, 0.15) is 24.0 Å². The Kier molecular flexibility index (Phi) is 4.75. The molecule has 0 saturated heterocycles. The van der Waals surface area contributed by atoms with E-state index >= 15 is 0 Å². The quantitative estimate of drug-likeness (QED) is 0.429. The van der Waals surface area contributed by atoms with Crippen molar-refractivity contribution in [3.05, 3.63) is 69.0 Å². The molecule has 0 atom stereocenters. The number of hydrazine groups is 1. The zero-order valence-electron chi connectivity index (χ0n) is 12.8. The lowest BCUT2D eigenvalue weighted by Gasteiger charge is -2.08. The van der Waals surface area contributed by atoms with Crippen LogP contribution < -0.4 is 10.9 Å². The van der Waals surface area contributed by atoms with Crippen molar-refractivity contribution >= 4 is 33.4 Å². The molecular weight excluding hydrogens is 410 g/mol. The molecule has 2 amide bonds. The fraction of sp³-hybridized carbons (Fsp3) is 0. The van der Waals surface area contributed by atoms with E-state index < -0.39 is 16.7 Å². The van der Waals surface area contributed by atoms with Gasteiger partial charge in [-0.2, -0.15) is 5.10 Å². The molecule has 26 heavy (non-hydrogen) atoms. The number of amides is 2. The van der Waals surface area contributed by atoms with Crippen LogP contribution in [0.1, 0.15) is 20.8 Å². The molecule has 1 aromatic carbocycles. The molecule has 2 aromatic heterocycles. The molecule has 0 saturated carbocycles. The second-order valence-electron chi connectivity index (χ2n) is 4.94. The van der Waals surface area contributed by atoms with Crippen LogP contribution in [0, 0.1) is 10.1 Å². The Morgan fingerprint density at radius 2 is 2.00 bits per heavy atom. The number of nitro groups is 1. The normalized spacial score (nSPS) is 10.3. The molecule has 12 heteroatoms. The number of benzene rings is 1. The average molecular weight is 420 g/mol. The highest BCUT2D eigenvalue weighted by Crippen LogP contribution is 2.23. The van der Waals surface area contributed by atoms with Crippen LogP contribution >= 0.6 is 15.9 Å². The number of hydrogen-bond donors (Lipinski definition) is 3. The van der Waals surface area contributed by atoms with Crippen molar-refractivity contribution in [2.24, 2.45) is 0 Å². The minimum Gasteiger partial charge on any atom is -0.356 e. The van der Waals surface area contributed by atoms with Crippen molar-refractivity contribution in [3.8, 4) is 5.69 Å². The molecule has 3 rings (SSSR count). The highest BCUT2D eigenvalue weighted by atomic mass is 79.9. The monoisotopic (exact) mass is 419 g/mol. The summed E-state index contributed by atoms with van der Waals surface area (Å²) in [5, 5.41) is 15.1. The Morgan fingerprint density at radius 1 is 1.23 bits per heavy atom. The van der Waals surface area contributed by atoms with Crippen molar-refractivity contribution in [3.63, 3.8) is 0 Å². The molecule has 0 fully saturated rings. The molecule has 0 aliphatic carbocycles. The van der Waals surface area contributed by atoms with E-state index in [1.54, 1.807) is 6.20 Å². The summed E-state index contributed by atoms with van der Waals surface area (Å²) in [6.45, 7) is 0. The number of aromatic amines is 1. The summed E-state index contributed by atoms with van der Waals surface area (Å²) in [7, 11) is 0. The highest BCUT2D eigenvalue weighted by Gasteiger charge is 2.20. The highest BCUT2D eigenvalue weighted by molar-refractivity contribution is 9.10. The molecule has 11 nitrogen and oxygen atoms in total. The molecule has 0 spiro atoms. The van der Waals surface area contributed by atoms with Crippen LogP contribution in [0.4, 0.5) is 5.69 Å². The van der Waals surface area contributed by atoms with Gasteiger partial charge >= 0.3 is 0 Å². The first kappa shape index (κ1) is 17.3. The van der Waals surface area contributed by atoms with E-state index in [9.17, 15) is 19.7 Å². The van der Waals surface area contributed by atoms with Crippen LogP contribution in [-0.4, -0.2) is 36.5 Å². The SMILES string of the molecule is O=C(NNC(=O)c1cc(Br)c[nH]1)c1ccc(-n2cncn2)c([N+](=O)[O-])c1. The number of hydrogen-bond acceptors (Lipinski definition) is 6. The Hall–Kier alpha value is -3.54. The van der Waals surface area contributed by atoms with Crippen LogP contribution in [0.5, 0.6) is 0 Å². The van der Waals surface area contributed by atoms with Gasteiger partial charge in [-0.05, 0) is 34.1 Å². The Bertz CT molecular complexity index is 983. The van der Waals surface area contributed by atoms with E-state index in [0.29, 0.717) is 4.47 Å². The van der Waals surface area contributed by atoms with E-state index in [1.165, 1.54) is 35.5 Å². The van der Waals surface area contributed by atoms with Gasteiger partial charge in [0, 0.05) is 22.3 Å². The van der Waals surface area contributed by atoms with Crippen LogP contribution in [0.3, 0.4) is 0 Å². The fourth-order valence-electron chi connectivity index (χ4n) is 2.09. The number of halogens is 1. The summed E-state index contributed by atoms with van der Waals surface area (Å²) >= 11 is 3.19. The largest absolute Gasteiger partial charge is 0.356 e. The maximum atomic E-state index is 12.2. The van der Waals surface area contributed by atoms with Crippen LogP contribution in [-0.2, 0) is 0 Å². The van der Waals surface area contributed by atoms with Crippen LogP contribution in [0.25, 0.3) is 5.69 Å². The molecule has 0 unspecified atom stereocenters. The van der Waals surface area contributed by atoms with Crippen molar-refractivity contribution in [2.75, 3.05) is 0 Å². The van der Waals surface area contributed by atoms with Gasteiger partial charge < -0.3 is 4.98 Å². The minimum absolute atomic E-state index is 0.00599. The number of nitrogens with one attached hydrogen (secondary N) is 3. The van der Waals surface area contributed by atoms with Crippen LogP contribution in [0.15, 0.2) is 47.6 Å². The first-order valence-corrected chi connectivity index (χ1v) is 7.83. The van der Waals surface area contributed by atoms with Crippen molar-refractivity contribution < 1.29 is 14.5 Å². The molecule has 2 heterocycles. The zero-order valence-corrected chi connectivity index (χ0v) is 14.4. The van der Waals surface area contributed by atoms with Gasteiger partial charge in [0.25, 0.3) is 17.5 Å². The maximum Gasteiger partial charge on any atom is 0.295 e. The topological polar surface area (TPSA) is 148 Å². The number of nitrogens with zero attached hydrogens (tertiary/aromatic N) is 4. The number of rotatable bonds is 4. The van der Waals surface area contributed by atoms with Gasteiger partial charge in [0.05, 0.1) is 4.92 Å². The molecular formula is C14H10BrN7O4. The first-order chi connectivity index (χ1) is 12.5. The molecule has 0 aliphatic heterocycles. The molecule has 3 N–H and O–H groups in total. The second kappa shape index (κ2) is 7.14. The summed E-state index contributed by atoms with van der Waals surface area (Å²) in [4.78, 5) is 41.1. The van der Waals surface area contributed by atoms with Crippen LogP contribution in [0.2, 0.25) is 0 Å². The number of nitro benzene ring substituents is 1. The Morgan fingerprint density at radius 3 is 2.62 bits per heavy atom. The number of H-pyrrole nitrogens is 1. The van der Waals surface area contributed by atoms with E-state index in [2.05, 4.69) is 41.8 Å². The van der Waals surface area contributed by atoms with Gasteiger partial charge in [-0.3, -0.25) is 30.6 Å². The van der Waals surface area contributed by atoms with E-state index in [0.717, 1.165) is 6.07 Å². The standard InChI is InChI=1S/C14H10BrN7O4/c15-9-4-10(17-5-9)14(24)20-19-13(23)8-1-2-11(12(3-8)22(25)26)21-7-16-6-18-21/h1-7,17H,(H,19,23)(H,20,24). The predicted octanol–water partition coefficient (Wildman–Crippen LogP) is 1.34. The maximum absolute atomic E-state index is 12.2. The third-order valence-corrected chi connectivity index (χ3v) is 3.74. The number of carbonyl (C=O) groups is 2. The number of aromatic nitrogens is 4. The third-order valence-electron chi connectivity index (χ3n) is 3.28. The van der Waals surface area contributed by atoms with Gasteiger partial charge in [-0.15, -0.1) is 0 Å². The molecule has 132 valence electrons. The summed E-state index contributed by atoms with van der Waals surface area (Å²) in [5.41, 5.74) is 4.46. The lowest BCUT2D eigenvalue weighted by atomic mass is 10.1. The number of carbonyl (C=O) groups excluding carboxylic acids is 2. The summed E-state index contributed by atoms with van der Waals surface area (Å²) in [5.74, 6) is -1.28. The van der Waals surface area contributed by atoms with Gasteiger partial charge in [-0.1, -0.05) is 0 Å². The van der Waals surface area contributed by atoms with Crippen molar-refractivity contribution in [1.82, 2.24) is 30.6 Å². The first-order valence-electron chi connectivity index (χ1n) is 7.04. The summed E-state index contributed by atoms with van der Waals surface area (Å²) in [6, 6.07) is 5.35. The zero-order chi connectivity index (χ0) is 18.7. The Balaban J connectivity index is 1.76. The molecule has 0 radical (unpaired) electrons. The van der Waals surface area contributed by atoms with E-state index in [-0.39, 0.29) is 22.6 Å². The van der Waals surface area contributed by atoms with Gasteiger partial charge in [-0.25, -0.2) is 9.67 Å². The lowest BCUT2D eigenvalue weighted by Crippen LogP contribution is -2.41. The predicted molar refractivity (Wildman–Crippen MR) is 91.4 cm³/mol. The van der Waals surface area contributed by atoms with E-state index in [4.69, 9.17) is 0 Å². The molecule has 0 bridgehead atoms. The second-order valence-corrected chi connectivity index (χ2v) is 5.86. The van der Waals surface area contributed by atoms with E-state index in [1.807, 2.05) is 0 Å². The molecule has 3 aromatic rings. The third kappa shape index (κ3) is 3.59. The average Bonchev–Trinajstić information content (AvgIpc) is 3.30. The summed E-state index contributed by atoms with van der Waals surface area (Å²) < 4.78 is 1.89. The Labute approximate surface area is 153 Å². The van der Waals surface area contributed by atoms with Gasteiger partial charge in [0.2, 0.25) is 0 Å². The van der Waals surface area contributed by atoms with Crippen molar-refractivity contribution in [1.29, 1.82) is 0 Å². The minimum atomic E-state index is -0.711. The smallest absolute Gasteiger partial charge is 0.295 e.